The van der Waals surface area contributed by atoms with Gasteiger partial charge in [0, 0.05) is 5.92 Å². The molecule has 1 nitrogen and oxygen atoms in total. The van der Waals surface area contributed by atoms with E-state index in [-0.39, 0.29) is 6.10 Å². The Morgan fingerprint density at radius 1 is 1.26 bits per heavy atom. The SMILES string of the molecule is CCC(C)(CC)[C@@H]1[C@@H]2C(=C[C@H](C)C[C@@H]2O)C=C[C@@H]1C. The number of aliphatic hydroxyl groups is 1. The molecule has 1 heteroatoms. The van der Waals surface area contributed by atoms with E-state index in [1.165, 1.54) is 18.4 Å². The molecule has 0 unspecified atom stereocenters. The van der Waals surface area contributed by atoms with Gasteiger partial charge in [-0.1, -0.05) is 65.7 Å². The Morgan fingerprint density at radius 3 is 2.47 bits per heavy atom. The lowest BCUT2D eigenvalue weighted by atomic mass is 9.56. The van der Waals surface area contributed by atoms with Crippen LogP contribution in [0.25, 0.3) is 0 Å². The zero-order chi connectivity index (χ0) is 14.2. The Kier molecular flexibility index (Phi) is 4.25. The van der Waals surface area contributed by atoms with Crippen LogP contribution in [0, 0.1) is 29.1 Å². The first-order chi connectivity index (χ1) is 8.92. The molecule has 0 amide bonds. The second-order valence-electron chi connectivity index (χ2n) is 7.08. The van der Waals surface area contributed by atoms with E-state index >= 15 is 0 Å². The average Bonchev–Trinajstić information content (AvgIpc) is 2.38. The Bertz CT molecular complexity index is 375. The normalized spacial score (nSPS) is 38.8. The maximum absolute atomic E-state index is 10.6. The zero-order valence-corrected chi connectivity index (χ0v) is 13.2. The van der Waals surface area contributed by atoms with E-state index < -0.39 is 0 Å². The smallest absolute Gasteiger partial charge is 0.0617 e. The van der Waals surface area contributed by atoms with Crippen LogP contribution in [0.15, 0.2) is 23.8 Å². The number of aliphatic hydroxyl groups excluding tert-OH is 1. The van der Waals surface area contributed by atoms with E-state index in [1.807, 2.05) is 0 Å². The van der Waals surface area contributed by atoms with E-state index in [0.717, 1.165) is 6.42 Å². The Hall–Kier alpha value is -0.560. The first-order valence-corrected chi connectivity index (χ1v) is 8.01. The number of rotatable bonds is 3. The van der Waals surface area contributed by atoms with Crippen LogP contribution in [0.4, 0.5) is 0 Å². The second-order valence-corrected chi connectivity index (χ2v) is 7.08. The van der Waals surface area contributed by atoms with Crippen molar-refractivity contribution in [3.8, 4) is 0 Å². The fourth-order valence-electron chi connectivity index (χ4n) is 4.37. The predicted octanol–water partition coefficient (Wildman–Crippen LogP) is 4.58. The number of allylic oxidation sites excluding steroid dienone is 3. The monoisotopic (exact) mass is 262 g/mol. The summed E-state index contributed by atoms with van der Waals surface area (Å²) in [4.78, 5) is 0. The fourth-order valence-corrected chi connectivity index (χ4v) is 4.37. The van der Waals surface area contributed by atoms with Crippen LogP contribution in [0.2, 0.25) is 0 Å². The molecule has 5 atom stereocenters. The minimum Gasteiger partial charge on any atom is -0.392 e. The molecule has 19 heavy (non-hydrogen) atoms. The highest BCUT2D eigenvalue weighted by Crippen LogP contribution is 2.51. The molecule has 2 rings (SSSR count). The minimum atomic E-state index is -0.162. The summed E-state index contributed by atoms with van der Waals surface area (Å²) >= 11 is 0. The van der Waals surface area contributed by atoms with Crippen LogP contribution in [0.5, 0.6) is 0 Å². The number of hydrogen-bond acceptors (Lipinski definition) is 1. The van der Waals surface area contributed by atoms with Gasteiger partial charge in [-0.15, -0.1) is 0 Å². The summed E-state index contributed by atoms with van der Waals surface area (Å²) < 4.78 is 0. The molecule has 0 fully saturated rings. The van der Waals surface area contributed by atoms with Gasteiger partial charge in [0.1, 0.15) is 0 Å². The Labute approximate surface area is 118 Å². The summed E-state index contributed by atoms with van der Waals surface area (Å²) in [5, 5.41) is 10.6. The Morgan fingerprint density at radius 2 is 1.89 bits per heavy atom. The highest BCUT2D eigenvalue weighted by Gasteiger charge is 2.46. The second kappa shape index (κ2) is 5.44. The van der Waals surface area contributed by atoms with Crippen LogP contribution in [-0.4, -0.2) is 11.2 Å². The molecule has 0 saturated carbocycles. The van der Waals surface area contributed by atoms with Crippen LogP contribution in [0.3, 0.4) is 0 Å². The third-order valence-electron chi connectivity index (χ3n) is 5.86. The van der Waals surface area contributed by atoms with Crippen molar-refractivity contribution in [1.29, 1.82) is 0 Å². The van der Waals surface area contributed by atoms with E-state index in [4.69, 9.17) is 0 Å². The van der Waals surface area contributed by atoms with Crippen LogP contribution in [0.1, 0.15) is 53.9 Å². The molecule has 108 valence electrons. The summed E-state index contributed by atoms with van der Waals surface area (Å²) in [7, 11) is 0. The van der Waals surface area contributed by atoms with Gasteiger partial charge in [0.05, 0.1) is 6.10 Å². The van der Waals surface area contributed by atoms with Gasteiger partial charge >= 0.3 is 0 Å². The maximum Gasteiger partial charge on any atom is 0.0617 e. The fraction of sp³-hybridized carbons (Fsp3) is 0.778. The lowest BCUT2D eigenvalue weighted by molar-refractivity contribution is -0.00338. The van der Waals surface area contributed by atoms with Crippen molar-refractivity contribution >= 4 is 0 Å². The maximum atomic E-state index is 10.6. The summed E-state index contributed by atoms with van der Waals surface area (Å²) in [6, 6.07) is 0. The minimum absolute atomic E-state index is 0.162. The topological polar surface area (TPSA) is 20.2 Å². The van der Waals surface area contributed by atoms with Crippen molar-refractivity contribution in [3.05, 3.63) is 23.8 Å². The largest absolute Gasteiger partial charge is 0.392 e. The molecule has 0 aromatic heterocycles. The number of fused-ring (bicyclic) bond motifs is 1. The van der Waals surface area contributed by atoms with Crippen LogP contribution in [-0.2, 0) is 0 Å². The van der Waals surface area contributed by atoms with Gasteiger partial charge in [-0.2, -0.15) is 0 Å². The van der Waals surface area contributed by atoms with Gasteiger partial charge in [-0.05, 0) is 35.2 Å². The molecular weight excluding hydrogens is 232 g/mol. The van der Waals surface area contributed by atoms with E-state index in [2.05, 4.69) is 52.8 Å². The average molecular weight is 262 g/mol. The third-order valence-corrected chi connectivity index (χ3v) is 5.86. The van der Waals surface area contributed by atoms with Crippen molar-refractivity contribution in [2.45, 2.75) is 60.0 Å². The molecule has 0 bridgehead atoms. The van der Waals surface area contributed by atoms with Gasteiger partial charge in [0.15, 0.2) is 0 Å². The van der Waals surface area contributed by atoms with Gasteiger partial charge in [0.2, 0.25) is 0 Å². The predicted molar refractivity (Wildman–Crippen MR) is 81.8 cm³/mol. The molecule has 0 radical (unpaired) electrons. The molecule has 2 aliphatic rings. The van der Waals surface area contributed by atoms with Gasteiger partial charge in [-0.25, -0.2) is 0 Å². The van der Waals surface area contributed by atoms with Crippen molar-refractivity contribution < 1.29 is 5.11 Å². The molecule has 2 aliphatic carbocycles. The summed E-state index contributed by atoms with van der Waals surface area (Å²) in [6.07, 6.45) is 10.2. The van der Waals surface area contributed by atoms with E-state index in [1.54, 1.807) is 0 Å². The first kappa shape index (κ1) is 14.8. The first-order valence-electron chi connectivity index (χ1n) is 8.01. The lowest BCUT2D eigenvalue weighted by Crippen LogP contribution is -2.45. The van der Waals surface area contributed by atoms with Crippen LogP contribution >= 0.6 is 0 Å². The molecular formula is C18H30O. The van der Waals surface area contributed by atoms with Gasteiger partial charge in [0.25, 0.3) is 0 Å². The lowest BCUT2D eigenvalue weighted by Gasteiger charge is -2.49. The third kappa shape index (κ3) is 2.54. The van der Waals surface area contributed by atoms with Crippen LogP contribution < -0.4 is 0 Å². The highest BCUT2D eigenvalue weighted by molar-refractivity contribution is 5.32. The molecule has 0 aromatic carbocycles. The van der Waals surface area contributed by atoms with Gasteiger partial charge < -0.3 is 5.11 Å². The highest BCUT2D eigenvalue weighted by atomic mass is 16.3. The number of hydrogen-bond donors (Lipinski definition) is 1. The molecule has 0 aliphatic heterocycles. The molecule has 0 heterocycles. The van der Waals surface area contributed by atoms with Gasteiger partial charge in [-0.3, -0.25) is 0 Å². The van der Waals surface area contributed by atoms with Crippen molar-refractivity contribution in [1.82, 2.24) is 0 Å². The standard InChI is InChI=1S/C18H30O/c1-6-18(5,7-2)17-13(4)8-9-14-10-12(3)11-15(19)16(14)17/h8-10,12-13,15-17,19H,6-7,11H2,1-5H3/t12-,13-,15-,16+,17-/m0/s1. The summed E-state index contributed by atoms with van der Waals surface area (Å²) in [5.74, 6) is 1.99. The molecule has 0 spiro atoms. The van der Waals surface area contributed by atoms with Crippen molar-refractivity contribution in [2.24, 2.45) is 29.1 Å². The quantitative estimate of drug-likeness (QED) is 0.789. The van der Waals surface area contributed by atoms with Crippen molar-refractivity contribution in [2.75, 3.05) is 0 Å². The Balaban J connectivity index is 2.43. The van der Waals surface area contributed by atoms with Crippen molar-refractivity contribution in [3.63, 3.8) is 0 Å². The molecule has 0 aromatic rings. The van der Waals surface area contributed by atoms with E-state index in [0.29, 0.717) is 29.1 Å². The summed E-state index contributed by atoms with van der Waals surface area (Å²) in [5.41, 5.74) is 1.72. The molecule has 1 N–H and O–H groups in total. The van der Waals surface area contributed by atoms with E-state index in [9.17, 15) is 5.11 Å². The molecule has 0 saturated heterocycles. The zero-order valence-electron chi connectivity index (χ0n) is 13.2. The summed E-state index contributed by atoms with van der Waals surface area (Å²) in [6.45, 7) is 11.6.